The zero-order valence-electron chi connectivity index (χ0n) is 13.1. The maximum absolute atomic E-state index is 12.6. The number of nitrogens with zero attached hydrogens (tertiary/aromatic N) is 2. The van der Waals surface area contributed by atoms with Crippen molar-refractivity contribution in [2.24, 2.45) is 17.6 Å². The number of nitrogens with two attached hydrogens (primary N) is 1. The number of amides is 1. The predicted octanol–water partition coefficient (Wildman–Crippen LogP) is 3.47. The Hall–Kier alpha value is -0.880. The minimum Gasteiger partial charge on any atom is -0.339 e. The Morgan fingerprint density at radius 3 is 2.78 bits per heavy atom. The highest BCUT2D eigenvalue weighted by Crippen LogP contribution is 2.32. The fourth-order valence-corrected chi connectivity index (χ4v) is 4.22. The Bertz CT molecular complexity index is 616. The molecule has 1 heterocycles. The van der Waals surface area contributed by atoms with Crippen LogP contribution in [-0.2, 0) is 11.3 Å². The molecule has 1 aliphatic carbocycles. The molecule has 2 N–H and O–H groups in total. The van der Waals surface area contributed by atoms with Crippen LogP contribution < -0.4 is 5.73 Å². The third kappa shape index (κ3) is 4.35. The number of carbonyl (C=O) groups is 1. The monoisotopic (exact) mass is 375 g/mol. The molecule has 0 bridgehead atoms. The molecule has 1 aromatic carbocycles. The standard InChI is InChI=1S/C16H21N3OS.2ClH/c1-19(16(20)12-6-4-5-11(12)9-17)10-15-18-13-7-2-3-8-14(13)21-15;;/h2-3,7-8,11-12H,4-6,9-10,17H2,1H3;2*1H/t11-,12-;;/m1../s1. The van der Waals surface area contributed by atoms with Crippen LogP contribution in [0, 0.1) is 11.8 Å². The molecule has 0 spiro atoms. The molecule has 3 rings (SSSR count). The first-order valence-electron chi connectivity index (χ1n) is 7.48. The summed E-state index contributed by atoms with van der Waals surface area (Å²) in [6, 6.07) is 8.09. The van der Waals surface area contributed by atoms with Crippen molar-refractivity contribution in [1.82, 2.24) is 9.88 Å². The lowest BCUT2D eigenvalue weighted by molar-refractivity contribution is -0.135. The van der Waals surface area contributed by atoms with E-state index in [9.17, 15) is 4.79 Å². The zero-order chi connectivity index (χ0) is 14.8. The number of rotatable bonds is 4. The first-order valence-corrected chi connectivity index (χ1v) is 8.30. The third-order valence-corrected chi connectivity index (χ3v) is 5.39. The van der Waals surface area contributed by atoms with Gasteiger partial charge in [0.2, 0.25) is 5.91 Å². The summed E-state index contributed by atoms with van der Waals surface area (Å²) in [6.07, 6.45) is 3.18. The van der Waals surface area contributed by atoms with Crippen molar-refractivity contribution in [2.75, 3.05) is 13.6 Å². The summed E-state index contributed by atoms with van der Waals surface area (Å²) in [5.74, 6) is 0.687. The molecule has 0 aliphatic heterocycles. The van der Waals surface area contributed by atoms with Gasteiger partial charge < -0.3 is 10.6 Å². The first-order chi connectivity index (χ1) is 10.2. The van der Waals surface area contributed by atoms with Crippen molar-refractivity contribution >= 4 is 52.3 Å². The van der Waals surface area contributed by atoms with Crippen LogP contribution in [0.1, 0.15) is 24.3 Å². The van der Waals surface area contributed by atoms with Gasteiger partial charge in [-0.05, 0) is 37.4 Å². The summed E-state index contributed by atoms with van der Waals surface area (Å²) in [5.41, 5.74) is 6.80. The van der Waals surface area contributed by atoms with Gasteiger partial charge in [-0.15, -0.1) is 36.2 Å². The van der Waals surface area contributed by atoms with Gasteiger partial charge in [0.1, 0.15) is 5.01 Å². The smallest absolute Gasteiger partial charge is 0.226 e. The fraction of sp³-hybridized carbons (Fsp3) is 0.500. The summed E-state index contributed by atoms with van der Waals surface area (Å²) in [4.78, 5) is 19.0. The van der Waals surface area contributed by atoms with Crippen LogP contribution in [-0.4, -0.2) is 29.4 Å². The fourth-order valence-electron chi connectivity index (χ4n) is 3.20. The number of para-hydroxylation sites is 1. The molecule has 1 saturated carbocycles. The van der Waals surface area contributed by atoms with Crippen LogP contribution in [0.3, 0.4) is 0 Å². The highest BCUT2D eigenvalue weighted by Gasteiger charge is 2.33. The highest BCUT2D eigenvalue weighted by atomic mass is 35.5. The second-order valence-electron chi connectivity index (χ2n) is 5.80. The van der Waals surface area contributed by atoms with E-state index in [1.54, 1.807) is 11.3 Å². The van der Waals surface area contributed by atoms with Gasteiger partial charge >= 0.3 is 0 Å². The number of aromatic nitrogens is 1. The average molecular weight is 376 g/mol. The van der Waals surface area contributed by atoms with Gasteiger partial charge in [-0.1, -0.05) is 18.6 Å². The van der Waals surface area contributed by atoms with Gasteiger partial charge in [0, 0.05) is 13.0 Å². The van der Waals surface area contributed by atoms with Gasteiger partial charge in [0.05, 0.1) is 16.8 Å². The number of carbonyl (C=O) groups excluding carboxylic acids is 1. The van der Waals surface area contributed by atoms with E-state index in [4.69, 9.17) is 5.73 Å². The van der Waals surface area contributed by atoms with Crippen molar-refractivity contribution in [3.05, 3.63) is 29.3 Å². The molecule has 128 valence electrons. The quantitative estimate of drug-likeness (QED) is 0.889. The lowest BCUT2D eigenvalue weighted by Crippen LogP contribution is -2.36. The molecular formula is C16H23Cl2N3OS. The summed E-state index contributed by atoms with van der Waals surface area (Å²) >= 11 is 1.66. The summed E-state index contributed by atoms with van der Waals surface area (Å²) in [7, 11) is 1.88. The van der Waals surface area contributed by atoms with Crippen molar-refractivity contribution in [1.29, 1.82) is 0 Å². The van der Waals surface area contributed by atoms with E-state index in [1.807, 2.05) is 30.1 Å². The molecule has 1 amide bonds. The molecule has 0 unspecified atom stereocenters. The van der Waals surface area contributed by atoms with E-state index >= 15 is 0 Å². The van der Waals surface area contributed by atoms with Crippen molar-refractivity contribution in [2.45, 2.75) is 25.8 Å². The molecule has 2 atom stereocenters. The largest absolute Gasteiger partial charge is 0.339 e. The molecule has 0 saturated heterocycles. The molecule has 2 aromatic rings. The zero-order valence-corrected chi connectivity index (χ0v) is 15.6. The van der Waals surface area contributed by atoms with E-state index in [0.29, 0.717) is 19.0 Å². The van der Waals surface area contributed by atoms with Gasteiger partial charge in [-0.2, -0.15) is 0 Å². The van der Waals surface area contributed by atoms with E-state index in [0.717, 1.165) is 29.8 Å². The number of halogens is 2. The number of hydrogen-bond donors (Lipinski definition) is 1. The average Bonchev–Trinajstić information content (AvgIpc) is 3.11. The van der Waals surface area contributed by atoms with E-state index in [-0.39, 0.29) is 36.6 Å². The Morgan fingerprint density at radius 1 is 1.35 bits per heavy atom. The third-order valence-electron chi connectivity index (χ3n) is 4.37. The lowest BCUT2D eigenvalue weighted by Gasteiger charge is -2.23. The van der Waals surface area contributed by atoms with E-state index in [2.05, 4.69) is 11.1 Å². The maximum atomic E-state index is 12.6. The van der Waals surface area contributed by atoms with E-state index in [1.165, 1.54) is 4.70 Å². The molecular weight excluding hydrogens is 353 g/mol. The van der Waals surface area contributed by atoms with Crippen LogP contribution in [0.2, 0.25) is 0 Å². The summed E-state index contributed by atoms with van der Waals surface area (Å²) in [6.45, 7) is 1.21. The van der Waals surface area contributed by atoms with Gasteiger partial charge in [0.25, 0.3) is 0 Å². The molecule has 0 radical (unpaired) electrons. The Kier molecular flexibility index (Phi) is 7.74. The SMILES string of the molecule is CN(Cc1nc2ccccc2s1)C(=O)[C@@H]1CCC[C@@H]1CN.Cl.Cl. The molecule has 1 aliphatic rings. The minimum absolute atomic E-state index is 0. The molecule has 1 aromatic heterocycles. The number of fused-ring (bicyclic) bond motifs is 1. The van der Waals surface area contributed by atoms with Crippen molar-refractivity contribution < 1.29 is 4.79 Å². The van der Waals surface area contributed by atoms with Crippen molar-refractivity contribution in [3.8, 4) is 0 Å². The number of benzene rings is 1. The normalized spacial score (nSPS) is 19.9. The molecule has 7 heteroatoms. The van der Waals surface area contributed by atoms with Gasteiger partial charge in [-0.25, -0.2) is 4.98 Å². The van der Waals surface area contributed by atoms with E-state index < -0.39 is 0 Å². The Labute approximate surface area is 153 Å². The molecule has 4 nitrogen and oxygen atoms in total. The van der Waals surface area contributed by atoms with Crippen LogP contribution in [0.5, 0.6) is 0 Å². The molecule has 23 heavy (non-hydrogen) atoms. The lowest BCUT2D eigenvalue weighted by atomic mass is 9.95. The summed E-state index contributed by atoms with van der Waals surface area (Å²) < 4.78 is 1.18. The second kappa shape index (κ2) is 8.83. The topological polar surface area (TPSA) is 59.2 Å². The van der Waals surface area contributed by atoms with Crippen LogP contribution in [0.4, 0.5) is 0 Å². The maximum Gasteiger partial charge on any atom is 0.226 e. The summed E-state index contributed by atoms with van der Waals surface area (Å²) in [5, 5.41) is 0.995. The first kappa shape index (κ1) is 20.2. The minimum atomic E-state index is 0. The van der Waals surface area contributed by atoms with Crippen LogP contribution in [0.25, 0.3) is 10.2 Å². The predicted molar refractivity (Wildman–Crippen MR) is 100 cm³/mol. The number of thiazole rings is 1. The van der Waals surface area contributed by atoms with Gasteiger partial charge in [-0.3, -0.25) is 4.79 Å². The van der Waals surface area contributed by atoms with Gasteiger partial charge in [0.15, 0.2) is 0 Å². The van der Waals surface area contributed by atoms with Crippen LogP contribution >= 0.6 is 36.2 Å². The second-order valence-corrected chi connectivity index (χ2v) is 6.92. The van der Waals surface area contributed by atoms with Crippen LogP contribution in [0.15, 0.2) is 24.3 Å². The van der Waals surface area contributed by atoms with Crippen molar-refractivity contribution in [3.63, 3.8) is 0 Å². The molecule has 1 fully saturated rings. The number of hydrogen-bond acceptors (Lipinski definition) is 4. The highest BCUT2D eigenvalue weighted by molar-refractivity contribution is 7.18. The Balaban J connectivity index is 0.00000132. The Morgan fingerprint density at radius 2 is 2.09 bits per heavy atom.